The second-order valence-corrected chi connectivity index (χ2v) is 11.5. The zero-order chi connectivity index (χ0) is 23.6. The smallest absolute Gasteiger partial charge is 0.244 e. The summed E-state index contributed by atoms with van der Waals surface area (Å²) in [7, 11) is -3.94. The fourth-order valence-corrected chi connectivity index (χ4v) is 6.39. The molecule has 32 heavy (non-hydrogen) atoms. The maximum Gasteiger partial charge on any atom is 0.244 e. The van der Waals surface area contributed by atoms with Crippen LogP contribution in [0.25, 0.3) is 0 Å². The minimum Gasteiger partial charge on any atom is -0.342 e. The van der Waals surface area contributed by atoms with Crippen molar-refractivity contribution in [2.75, 3.05) is 19.6 Å². The van der Waals surface area contributed by atoms with Crippen molar-refractivity contribution < 1.29 is 13.2 Å². The number of hydrogen-bond acceptors (Lipinski definition) is 3. The van der Waals surface area contributed by atoms with E-state index in [1.54, 1.807) is 36.9 Å². The van der Waals surface area contributed by atoms with Crippen LogP contribution in [0.1, 0.15) is 42.0 Å². The van der Waals surface area contributed by atoms with Gasteiger partial charge in [-0.05, 0) is 68.4 Å². The van der Waals surface area contributed by atoms with E-state index in [0.717, 1.165) is 18.4 Å². The van der Waals surface area contributed by atoms with E-state index in [1.165, 1.54) is 4.31 Å². The Balaban J connectivity index is 1.97. The zero-order valence-corrected chi connectivity index (χ0v) is 21.3. The lowest BCUT2D eigenvalue weighted by molar-refractivity contribution is -0.132. The maximum atomic E-state index is 13.8. The summed E-state index contributed by atoms with van der Waals surface area (Å²) < 4.78 is 28.9. The van der Waals surface area contributed by atoms with E-state index in [1.807, 2.05) is 19.1 Å². The summed E-state index contributed by atoms with van der Waals surface area (Å²) in [4.78, 5) is 15.1. The van der Waals surface area contributed by atoms with E-state index in [2.05, 4.69) is 6.92 Å². The number of hydrogen-bond donors (Lipinski definition) is 0. The quantitative estimate of drug-likeness (QED) is 0.540. The Bertz CT molecular complexity index is 1090. The largest absolute Gasteiger partial charge is 0.342 e. The first-order valence-electron chi connectivity index (χ1n) is 10.8. The van der Waals surface area contributed by atoms with Crippen molar-refractivity contribution in [3.63, 3.8) is 0 Å². The summed E-state index contributed by atoms with van der Waals surface area (Å²) >= 11 is 12.2. The van der Waals surface area contributed by atoms with Gasteiger partial charge in [-0.2, -0.15) is 4.31 Å². The highest BCUT2D eigenvalue weighted by Crippen LogP contribution is 2.29. The molecular formula is C24H30Cl2N2O3S. The van der Waals surface area contributed by atoms with Gasteiger partial charge in [0.25, 0.3) is 0 Å². The molecule has 174 valence electrons. The number of carbonyl (C=O) groups excluding carboxylic acids is 1. The Morgan fingerprint density at radius 1 is 1.03 bits per heavy atom. The number of amides is 1. The van der Waals surface area contributed by atoms with Gasteiger partial charge < -0.3 is 4.90 Å². The van der Waals surface area contributed by atoms with Crippen LogP contribution in [0.3, 0.4) is 0 Å². The van der Waals surface area contributed by atoms with E-state index in [9.17, 15) is 13.2 Å². The first kappa shape index (κ1) is 25.0. The number of carbonyl (C=O) groups is 1. The van der Waals surface area contributed by atoms with Crippen LogP contribution in [0.5, 0.6) is 0 Å². The standard InChI is InChI=1S/C24H30Cl2N2O3S/c1-16-7-9-27(10-8-16)23(29)15-28(14-20-5-6-21(25)22(26)13-20)32(30,31)24-18(3)11-17(2)12-19(24)4/h5-6,11-13,16H,7-10,14-15H2,1-4H3. The highest BCUT2D eigenvalue weighted by Gasteiger charge is 2.32. The Morgan fingerprint density at radius 3 is 2.19 bits per heavy atom. The molecule has 0 unspecified atom stereocenters. The number of aryl methyl sites for hydroxylation is 3. The fourth-order valence-electron chi connectivity index (χ4n) is 4.28. The maximum absolute atomic E-state index is 13.8. The molecule has 0 aromatic heterocycles. The lowest BCUT2D eigenvalue weighted by Gasteiger charge is -2.32. The summed E-state index contributed by atoms with van der Waals surface area (Å²) in [5.74, 6) is 0.399. The summed E-state index contributed by atoms with van der Waals surface area (Å²) in [5.41, 5.74) is 3.00. The first-order chi connectivity index (χ1) is 15.0. The Hall–Kier alpha value is -1.60. The predicted molar refractivity (Wildman–Crippen MR) is 130 cm³/mol. The number of piperidine rings is 1. The van der Waals surface area contributed by atoms with Gasteiger partial charge in [-0.3, -0.25) is 4.79 Å². The molecule has 1 aliphatic heterocycles. The summed E-state index contributed by atoms with van der Waals surface area (Å²) in [6.45, 7) is 8.81. The summed E-state index contributed by atoms with van der Waals surface area (Å²) in [6.07, 6.45) is 1.86. The third-order valence-corrected chi connectivity index (χ3v) is 8.83. The Labute approximate surface area is 201 Å². The normalized spacial score (nSPS) is 15.4. The van der Waals surface area contributed by atoms with Gasteiger partial charge in [-0.25, -0.2) is 8.42 Å². The summed E-state index contributed by atoms with van der Waals surface area (Å²) in [6, 6.07) is 8.73. The van der Waals surface area contributed by atoms with Gasteiger partial charge in [0.05, 0.1) is 21.5 Å². The van der Waals surface area contributed by atoms with Crippen molar-refractivity contribution in [1.29, 1.82) is 0 Å². The molecule has 0 aliphatic carbocycles. The SMILES string of the molecule is Cc1cc(C)c(S(=O)(=O)N(CC(=O)N2CCC(C)CC2)Cc2ccc(Cl)c(Cl)c2)c(C)c1. The van der Waals surface area contributed by atoms with Crippen LogP contribution in [0, 0.1) is 26.7 Å². The van der Waals surface area contributed by atoms with Crippen molar-refractivity contribution in [2.24, 2.45) is 5.92 Å². The number of sulfonamides is 1. The number of halogens is 2. The first-order valence-corrected chi connectivity index (χ1v) is 13.0. The lowest BCUT2D eigenvalue weighted by atomic mass is 9.99. The molecule has 0 N–H and O–H groups in total. The molecule has 3 rings (SSSR count). The molecule has 2 aromatic rings. The highest BCUT2D eigenvalue weighted by atomic mass is 35.5. The minimum absolute atomic E-state index is 0.0297. The van der Waals surface area contributed by atoms with Crippen LogP contribution in [0.4, 0.5) is 0 Å². The average Bonchev–Trinajstić information content (AvgIpc) is 2.69. The topological polar surface area (TPSA) is 57.7 Å². The molecule has 0 bridgehead atoms. The molecule has 0 radical (unpaired) electrons. The number of likely N-dealkylation sites (tertiary alicyclic amines) is 1. The van der Waals surface area contributed by atoms with Crippen molar-refractivity contribution in [2.45, 2.75) is 52.0 Å². The van der Waals surface area contributed by atoms with E-state index >= 15 is 0 Å². The average molecular weight is 497 g/mol. The van der Waals surface area contributed by atoms with E-state index in [-0.39, 0.29) is 23.9 Å². The van der Waals surface area contributed by atoms with Gasteiger partial charge in [-0.1, -0.05) is 53.9 Å². The fraction of sp³-hybridized carbons (Fsp3) is 0.458. The predicted octanol–water partition coefficient (Wildman–Crippen LogP) is 5.37. The molecule has 1 amide bonds. The summed E-state index contributed by atoms with van der Waals surface area (Å²) in [5, 5.41) is 0.745. The lowest BCUT2D eigenvalue weighted by Crippen LogP contribution is -2.45. The van der Waals surface area contributed by atoms with Gasteiger partial charge in [0.2, 0.25) is 15.9 Å². The zero-order valence-electron chi connectivity index (χ0n) is 19.0. The number of benzene rings is 2. The van der Waals surface area contributed by atoms with E-state index < -0.39 is 10.0 Å². The van der Waals surface area contributed by atoms with Crippen LogP contribution in [0.2, 0.25) is 10.0 Å². The van der Waals surface area contributed by atoms with Crippen LogP contribution in [-0.2, 0) is 21.4 Å². The van der Waals surface area contributed by atoms with Crippen molar-refractivity contribution >= 4 is 39.1 Å². The molecule has 2 aromatic carbocycles. The minimum atomic E-state index is -3.94. The van der Waals surface area contributed by atoms with Gasteiger partial charge in [-0.15, -0.1) is 0 Å². The second-order valence-electron chi connectivity index (χ2n) is 8.81. The molecule has 1 fully saturated rings. The molecule has 1 heterocycles. The van der Waals surface area contributed by atoms with Gasteiger partial charge in [0, 0.05) is 19.6 Å². The molecule has 0 saturated carbocycles. The van der Waals surface area contributed by atoms with E-state index in [4.69, 9.17) is 23.2 Å². The van der Waals surface area contributed by atoms with Crippen LogP contribution in [-0.4, -0.2) is 43.2 Å². The van der Waals surface area contributed by atoms with Crippen molar-refractivity contribution in [3.8, 4) is 0 Å². The molecule has 8 heteroatoms. The van der Waals surface area contributed by atoms with E-state index in [0.29, 0.717) is 45.7 Å². The van der Waals surface area contributed by atoms with Gasteiger partial charge in [0.15, 0.2) is 0 Å². The van der Waals surface area contributed by atoms with Crippen LogP contribution in [0.15, 0.2) is 35.2 Å². The number of rotatable bonds is 6. The molecule has 5 nitrogen and oxygen atoms in total. The monoisotopic (exact) mass is 496 g/mol. The number of nitrogens with zero attached hydrogens (tertiary/aromatic N) is 2. The third-order valence-electron chi connectivity index (χ3n) is 5.99. The Kier molecular flexibility index (Phi) is 7.92. The molecule has 0 atom stereocenters. The van der Waals surface area contributed by atoms with Crippen molar-refractivity contribution in [1.82, 2.24) is 9.21 Å². The molecule has 1 aliphatic rings. The van der Waals surface area contributed by atoms with Crippen LogP contribution >= 0.6 is 23.2 Å². The molecule has 0 spiro atoms. The van der Waals surface area contributed by atoms with Gasteiger partial charge >= 0.3 is 0 Å². The van der Waals surface area contributed by atoms with Crippen LogP contribution < -0.4 is 0 Å². The molecule has 1 saturated heterocycles. The van der Waals surface area contributed by atoms with Crippen molar-refractivity contribution in [3.05, 3.63) is 62.6 Å². The second kappa shape index (κ2) is 10.1. The Morgan fingerprint density at radius 2 is 1.62 bits per heavy atom. The highest BCUT2D eigenvalue weighted by molar-refractivity contribution is 7.89. The molecular weight excluding hydrogens is 467 g/mol. The third kappa shape index (κ3) is 5.66. The van der Waals surface area contributed by atoms with Gasteiger partial charge in [0.1, 0.15) is 0 Å².